The standard InChI is InChI=1S/C30H30N2O5S/c1-22-11-7-8-14-26(22)30(23-12-5-4-6-13-23)31-29(33)21-32(27-15-9-10-16-28(27)37-3)38(34,35)25-19-17-24(36-2)18-20-25/h4-20,30H,21H2,1-3H3,(H,31,33)/t30-/m1/s1. The molecule has 0 spiro atoms. The lowest BCUT2D eigenvalue weighted by Crippen LogP contribution is -2.42. The second-order valence-corrected chi connectivity index (χ2v) is 10.5. The fourth-order valence-electron chi connectivity index (χ4n) is 4.24. The predicted molar refractivity (Wildman–Crippen MR) is 148 cm³/mol. The predicted octanol–water partition coefficient (Wildman–Crippen LogP) is 5.11. The zero-order chi connectivity index (χ0) is 27.1. The molecule has 0 aromatic heterocycles. The minimum atomic E-state index is -4.14. The molecule has 0 aliphatic heterocycles. The first kappa shape index (κ1) is 26.8. The summed E-state index contributed by atoms with van der Waals surface area (Å²) in [6.45, 7) is 1.52. The van der Waals surface area contributed by atoms with E-state index in [1.54, 1.807) is 36.4 Å². The maximum atomic E-state index is 13.9. The van der Waals surface area contributed by atoms with Crippen LogP contribution in [0, 0.1) is 6.92 Å². The number of carbonyl (C=O) groups is 1. The van der Waals surface area contributed by atoms with Crippen molar-refractivity contribution in [1.29, 1.82) is 0 Å². The van der Waals surface area contributed by atoms with Gasteiger partial charge in [0.1, 0.15) is 18.0 Å². The number of amides is 1. The Bertz CT molecular complexity index is 1490. The molecule has 4 aromatic carbocycles. The number of methoxy groups -OCH3 is 2. The molecular weight excluding hydrogens is 500 g/mol. The van der Waals surface area contributed by atoms with E-state index < -0.39 is 28.5 Å². The number of hydrogen-bond donors (Lipinski definition) is 1. The van der Waals surface area contributed by atoms with Crippen molar-refractivity contribution in [2.75, 3.05) is 25.1 Å². The van der Waals surface area contributed by atoms with Gasteiger partial charge in [0, 0.05) is 0 Å². The average molecular weight is 531 g/mol. The molecule has 0 saturated heterocycles. The van der Waals surface area contributed by atoms with E-state index in [0.29, 0.717) is 11.5 Å². The smallest absolute Gasteiger partial charge is 0.264 e. The summed E-state index contributed by atoms with van der Waals surface area (Å²) in [6, 6.07) is 29.7. The summed E-state index contributed by atoms with van der Waals surface area (Å²) in [5.74, 6) is 0.385. The maximum Gasteiger partial charge on any atom is 0.264 e. The molecule has 4 aromatic rings. The van der Waals surface area contributed by atoms with Crippen molar-refractivity contribution in [3.8, 4) is 11.5 Å². The van der Waals surface area contributed by atoms with Crippen LogP contribution in [0.25, 0.3) is 0 Å². The molecule has 0 aliphatic rings. The minimum absolute atomic E-state index is 0.0236. The number of rotatable bonds is 10. The molecule has 0 heterocycles. The Kier molecular flexibility index (Phi) is 8.33. The summed E-state index contributed by atoms with van der Waals surface area (Å²) in [5, 5.41) is 3.06. The molecule has 7 nitrogen and oxygen atoms in total. The molecule has 0 saturated carbocycles. The van der Waals surface area contributed by atoms with Gasteiger partial charge in [-0.2, -0.15) is 0 Å². The second-order valence-electron chi connectivity index (χ2n) is 8.63. The lowest BCUT2D eigenvalue weighted by atomic mass is 9.95. The van der Waals surface area contributed by atoms with Gasteiger partial charge in [0.25, 0.3) is 10.0 Å². The van der Waals surface area contributed by atoms with E-state index in [1.165, 1.54) is 26.4 Å². The number of nitrogens with zero attached hydrogens (tertiary/aromatic N) is 1. The fourth-order valence-corrected chi connectivity index (χ4v) is 5.68. The number of carbonyl (C=O) groups excluding carboxylic acids is 1. The quantitative estimate of drug-likeness (QED) is 0.308. The van der Waals surface area contributed by atoms with Crippen LogP contribution < -0.4 is 19.1 Å². The van der Waals surface area contributed by atoms with Crippen molar-refractivity contribution >= 4 is 21.6 Å². The maximum absolute atomic E-state index is 13.9. The van der Waals surface area contributed by atoms with Crippen LogP contribution in [0.15, 0.2) is 108 Å². The van der Waals surface area contributed by atoms with Gasteiger partial charge in [-0.25, -0.2) is 8.42 Å². The lowest BCUT2D eigenvalue weighted by molar-refractivity contribution is -0.120. The van der Waals surface area contributed by atoms with Crippen LogP contribution in [0.4, 0.5) is 5.69 Å². The monoisotopic (exact) mass is 530 g/mol. The molecular formula is C30H30N2O5S. The number of sulfonamides is 1. The van der Waals surface area contributed by atoms with Gasteiger partial charge < -0.3 is 14.8 Å². The van der Waals surface area contributed by atoms with Gasteiger partial charge in [-0.15, -0.1) is 0 Å². The topological polar surface area (TPSA) is 84.9 Å². The number of para-hydroxylation sites is 2. The Balaban J connectivity index is 1.73. The Morgan fingerprint density at radius 2 is 1.45 bits per heavy atom. The summed E-state index contributed by atoms with van der Waals surface area (Å²) in [5.41, 5.74) is 3.08. The largest absolute Gasteiger partial charge is 0.497 e. The van der Waals surface area contributed by atoms with E-state index in [0.717, 1.165) is 21.0 Å². The van der Waals surface area contributed by atoms with Crippen LogP contribution in [0.5, 0.6) is 11.5 Å². The van der Waals surface area contributed by atoms with Crippen LogP contribution in [-0.2, 0) is 14.8 Å². The molecule has 4 rings (SSSR count). The highest BCUT2D eigenvalue weighted by atomic mass is 32.2. The summed E-state index contributed by atoms with van der Waals surface area (Å²) < 4.78 is 39.4. The minimum Gasteiger partial charge on any atom is -0.497 e. The van der Waals surface area contributed by atoms with Gasteiger partial charge in [-0.1, -0.05) is 66.7 Å². The van der Waals surface area contributed by atoms with Crippen molar-refractivity contribution in [3.63, 3.8) is 0 Å². The SMILES string of the molecule is COc1ccc(S(=O)(=O)N(CC(=O)N[C@H](c2ccccc2)c2ccccc2C)c2ccccc2OC)cc1. The van der Waals surface area contributed by atoms with Crippen LogP contribution in [0.2, 0.25) is 0 Å². The molecule has 0 radical (unpaired) electrons. The third-order valence-electron chi connectivity index (χ3n) is 6.23. The highest BCUT2D eigenvalue weighted by Gasteiger charge is 2.30. The summed E-state index contributed by atoms with van der Waals surface area (Å²) >= 11 is 0. The fraction of sp³-hybridized carbons (Fsp3) is 0.167. The molecule has 8 heteroatoms. The van der Waals surface area contributed by atoms with Gasteiger partial charge in [0.15, 0.2) is 0 Å². The second kappa shape index (κ2) is 11.8. The average Bonchev–Trinajstić information content (AvgIpc) is 2.95. The lowest BCUT2D eigenvalue weighted by Gasteiger charge is -2.27. The van der Waals surface area contributed by atoms with Gasteiger partial charge in [0.05, 0.1) is 30.8 Å². The molecule has 0 aliphatic carbocycles. The number of aryl methyl sites for hydroxylation is 1. The first-order valence-corrected chi connectivity index (χ1v) is 13.5. The summed E-state index contributed by atoms with van der Waals surface area (Å²) in [4.78, 5) is 13.6. The first-order chi connectivity index (χ1) is 18.3. The van der Waals surface area contributed by atoms with Crippen molar-refractivity contribution in [2.24, 2.45) is 0 Å². The van der Waals surface area contributed by atoms with Crippen LogP contribution in [0.3, 0.4) is 0 Å². The van der Waals surface area contributed by atoms with Gasteiger partial charge in [0.2, 0.25) is 5.91 Å². The Morgan fingerprint density at radius 1 is 0.816 bits per heavy atom. The van der Waals surface area contributed by atoms with Crippen LogP contribution in [-0.4, -0.2) is 35.1 Å². The van der Waals surface area contributed by atoms with E-state index >= 15 is 0 Å². The van der Waals surface area contributed by atoms with Crippen molar-refractivity contribution < 1.29 is 22.7 Å². The highest BCUT2D eigenvalue weighted by molar-refractivity contribution is 7.92. The molecule has 38 heavy (non-hydrogen) atoms. The molecule has 1 N–H and O–H groups in total. The Morgan fingerprint density at radius 3 is 2.11 bits per heavy atom. The van der Waals surface area contributed by atoms with Gasteiger partial charge in [-0.3, -0.25) is 9.10 Å². The molecule has 1 atom stereocenters. The normalized spacial score (nSPS) is 11.9. The molecule has 0 fully saturated rings. The first-order valence-electron chi connectivity index (χ1n) is 12.0. The number of benzene rings is 4. The van der Waals surface area contributed by atoms with Gasteiger partial charge in [-0.05, 0) is 60.0 Å². The number of ether oxygens (including phenoxy) is 2. The van der Waals surface area contributed by atoms with Crippen molar-refractivity contribution in [3.05, 3.63) is 120 Å². The summed E-state index contributed by atoms with van der Waals surface area (Å²) in [6.07, 6.45) is 0. The van der Waals surface area contributed by atoms with Crippen LogP contribution in [0.1, 0.15) is 22.7 Å². The third-order valence-corrected chi connectivity index (χ3v) is 8.00. The van der Waals surface area contributed by atoms with E-state index in [-0.39, 0.29) is 10.6 Å². The molecule has 1 amide bonds. The Labute approximate surface area is 223 Å². The van der Waals surface area contributed by atoms with Gasteiger partial charge >= 0.3 is 0 Å². The number of anilines is 1. The number of hydrogen-bond acceptors (Lipinski definition) is 5. The zero-order valence-electron chi connectivity index (χ0n) is 21.5. The summed E-state index contributed by atoms with van der Waals surface area (Å²) in [7, 11) is -1.18. The Hall–Kier alpha value is -4.30. The molecule has 0 unspecified atom stereocenters. The molecule has 0 bridgehead atoms. The van der Waals surface area contributed by atoms with E-state index in [2.05, 4.69) is 5.32 Å². The van der Waals surface area contributed by atoms with Crippen LogP contribution >= 0.6 is 0 Å². The van der Waals surface area contributed by atoms with Crippen molar-refractivity contribution in [2.45, 2.75) is 17.9 Å². The highest BCUT2D eigenvalue weighted by Crippen LogP contribution is 2.33. The van der Waals surface area contributed by atoms with E-state index in [1.807, 2.05) is 61.5 Å². The van der Waals surface area contributed by atoms with Crippen molar-refractivity contribution in [1.82, 2.24) is 5.32 Å². The zero-order valence-corrected chi connectivity index (χ0v) is 22.3. The van der Waals surface area contributed by atoms with E-state index in [9.17, 15) is 13.2 Å². The number of nitrogens with one attached hydrogen (secondary N) is 1. The molecule has 196 valence electrons. The van der Waals surface area contributed by atoms with E-state index in [4.69, 9.17) is 9.47 Å². The third kappa shape index (κ3) is 5.81.